The van der Waals surface area contributed by atoms with Crippen LogP contribution in [0.2, 0.25) is 0 Å². The lowest BCUT2D eigenvalue weighted by atomic mass is 10.0. The lowest BCUT2D eigenvalue weighted by molar-refractivity contribution is -0.126. The molecule has 2 aromatic rings. The van der Waals surface area contributed by atoms with Crippen LogP contribution in [0.4, 0.5) is 4.79 Å². The molecule has 3 rings (SSSR count). The van der Waals surface area contributed by atoms with E-state index in [2.05, 4.69) is 10.3 Å². The van der Waals surface area contributed by atoms with Crippen molar-refractivity contribution in [2.24, 2.45) is 0 Å². The van der Waals surface area contributed by atoms with Crippen LogP contribution in [0.25, 0.3) is 0 Å². The molecular weight excluding hydrogens is 394 g/mol. The van der Waals surface area contributed by atoms with Crippen molar-refractivity contribution in [1.29, 1.82) is 0 Å². The Morgan fingerprint density at radius 2 is 1.90 bits per heavy atom. The summed E-state index contributed by atoms with van der Waals surface area (Å²) >= 11 is 0. The summed E-state index contributed by atoms with van der Waals surface area (Å²) in [5.74, 6) is -0.309. The standard InChI is InChI=1S/C21H25N3O4.ClH/c25-20(23-14-18-7-4-12-28-18)19(13-16-5-2-1-3-6-16)24(21(26)27)15-17-8-10-22-11-9-17;/h1-3,5-6,8-11,18-19H,4,7,12-15H2,(H,23,25)(H,26,27);1H/t18-,19-;/m0./s1. The Labute approximate surface area is 176 Å². The van der Waals surface area contributed by atoms with E-state index in [-0.39, 0.29) is 31.0 Å². The minimum atomic E-state index is -1.13. The second kappa shape index (κ2) is 11.4. The Bertz CT molecular complexity index is 770. The highest BCUT2D eigenvalue weighted by Crippen LogP contribution is 2.15. The number of hydrogen-bond acceptors (Lipinski definition) is 4. The molecule has 1 aliphatic heterocycles. The topological polar surface area (TPSA) is 91.8 Å². The van der Waals surface area contributed by atoms with Gasteiger partial charge < -0.3 is 15.2 Å². The van der Waals surface area contributed by atoms with Crippen molar-refractivity contribution in [3.8, 4) is 0 Å². The van der Waals surface area contributed by atoms with Gasteiger partial charge in [0.05, 0.1) is 6.10 Å². The van der Waals surface area contributed by atoms with Crippen molar-refractivity contribution >= 4 is 24.4 Å². The van der Waals surface area contributed by atoms with Crippen LogP contribution in [0.15, 0.2) is 54.9 Å². The van der Waals surface area contributed by atoms with E-state index in [4.69, 9.17) is 4.74 Å². The molecule has 2 atom stereocenters. The van der Waals surface area contributed by atoms with Crippen molar-refractivity contribution in [3.05, 3.63) is 66.0 Å². The maximum absolute atomic E-state index is 13.0. The summed E-state index contributed by atoms with van der Waals surface area (Å²) in [5, 5.41) is 12.7. The summed E-state index contributed by atoms with van der Waals surface area (Å²) in [6.07, 6.45) is 4.28. The largest absolute Gasteiger partial charge is 0.465 e. The molecule has 2 N–H and O–H groups in total. The average Bonchev–Trinajstić information content (AvgIpc) is 3.24. The van der Waals surface area contributed by atoms with E-state index >= 15 is 0 Å². The van der Waals surface area contributed by atoms with Gasteiger partial charge in [0.1, 0.15) is 6.04 Å². The molecule has 0 bridgehead atoms. The van der Waals surface area contributed by atoms with E-state index in [1.54, 1.807) is 24.5 Å². The SMILES string of the molecule is Cl.O=C(NC[C@@H]1CCCO1)[C@H](Cc1ccccc1)N(Cc1ccncc1)C(=O)O. The van der Waals surface area contributed by atoms with Gasteiger partial charge in [-0.05, 0) is 36.1 Å². The lowest BCUT2D eigenvalue weighted by Gasteiger charge is -2.29. The molecule has 0 spiro atoms. The first-order valence-electron chi connectivity index (χ1n) is 9.45. The number of pyridine rings is 1. The van der Waals surface area contributed by atoms with E-state index in [1.165, 1.54) is 4.90 Å². The van der Waals surface area contributed by atoms with Gasteiger partial charge in [0.2, 0.25) is 5.91 Å². The van der Waals surface area contributed by atoms with Gasteiger partial charge in [-0.2, -0.15) is 0 Å². The zero-order valence-electron chi connectivity index (χ0n) is 16.1. The van der Waals surface area contributed by atoms with E-state index in [9.17, 15) is 14.7 Å². The molecule has 0 saturated carbocycles. The first-order chi connectivity index (χ1) is 13.6. The summed E-state index contributed by atoms with van der Waals surface area (Å²) in [5.41, 5.74) is 1.68. The van der Waals surface area contributed by atoms with Crippen molar-refractivity contribution in [3.63, 3.8) is 0 Å². The van der Waals surface area contributed by atoms with E-state index in [1.807, 2.05) is 30.3 Å². The van der Waals surface area contributed by atoms with Gasteiger partial charge in [-0.3, -0.25) is 14.7 Å². The molecule has 7 nitrogen and oxygen atoms in total. The highest BCUT2D eigenvalue weighted by atomic mass is 35.5. The third-order valence-electron chi connectivity index (χ3n) is 4.83. The van der Waals surface area contributed by atoms with Gasteiger partial charge in [0.15, 0.2) is 0 Å². The van der Waals surface area contributed by atoms with Gasteiger partial charge in [0.25, 0.3) is 0 Å². The Kier molecular flexibility index (Phi) is 8.89. The molecule has 29 heavy (non-hydrogen) atoms. The number of carbonyl (C=O) groups excluding carboxylic acids is 1. The molecule has 2 amide bonds. The van der Waals surface area contributed by atoms with Crippen molar-refractivity contribution in [2.75, 3.05) is 13.2 Å². The normalized spacial score (nSPS) is 16.5. The first-order valence-corrected chi connectivity index (χ1v) is 9.45. The number of rotatable bonds is 8. The van der Waals surface area contributed by atoms with Crippen molar-refractivity contribution < 1.29 is 19.4 Å². The Morgan fingerprint density at radius 1 is 1.17 bits per heavy atom. The van der Waals surface area contributed by atoms with Crippen LogP contribution in [0.3, 0.4) is 0 Å². The van der Waals surface area contributed by atoms with Crippen molar-refractivity contribution in [1.82, 2.24) is 15.2 Å². The van der Waals surface area contributed by atoms with E-state index < -0.39 is 12.1 Å². The molecule has 1 aromatic heterocycles. The fourth-order valence-electron chi connectivity index (χ4n) is 3.32. The monoisotopic (exact) mass is 419 g/mol. The fourth-order valence-corrected chi connectivity index (χ4v) is 3.32. The highest BCUT2D eigenvalue weighted by Gasteiger charge is 2.31. The van der Waals surface area contributed by atoms with Crippen LogP contribution in [-0.2, 0) is 22.5 Å². The Balaban J connectivity index is 0.00000300. The number of amides is 2. The predicted octanol–water partition coefficient (Wildman–Crippen LogP) is 2.89. The first kappa shape index (κ1) is 22.6. The van der Waals surface area contributed by atoms with Gasteiger partial charge in [-0.1, -0.05) is 30.3 Å². The average molecular weight is 420 g/mol. The number of benzene rings is 1. The molecule has 1 saturated heterocycles. The highest BCUT2D eigenvalue weighted by molar-refractivity contribution is 5.86. The molecule has 1 aliphatic rings. The Morgan fingerprint density at radius 3 is 2.52 bits per heavy atom. The van der Waals surface area contributed by atoms with Gasteiger partial charge in [-0.15, -0.1) is 12.4 Å². The predicted molar refractivity (Wildman–Crippen MR) is 111 cm³/mol. The number of nitrogens with zero attached hydrogens (tertiary/aromatic N) is 2. The van der Waals surface area contributed by atoms with Crippen LogP contribution in [0.1, 0.15) is 24.0 Å². The number of halogens is 1. The molecule has 1 aromatic carbocycles. The quantitative estimate of drug-likeness (QED) is 0.686. The van der Waals surface area contributed by atoms with E-state index in [0.717, 1.165) is 24.0 Å². The smallest absolute Gasteiger partial charge is 0.408 e. The molecule has 1 fully saturated rings. The zero-order valence-corrected chi connectivity index (χ0v) is 16.9. The third-order valence-corrected chi connectivity index (χ3v) is 4.83. The summed E-state index contributed by atoms with van der Waals surface area (Å²) in [6.45, 7) is 1.22. The number of carboxylic acid groups (broad SMARTS) is 1. The number of carbonyl (C=O) groups is 2. The van der Waals surface area contributed by atoms with Crippen LogP contribution in [0, 0.1) is 0 Å². The molecule has 0 radical (unpaired) electrons. The second-order valence-corrected chi connectivity index (χ2v) is 6.85. The van der Waals surface area contributed by atoms with Crippen LogP contribution in [0.5, 0.6) is 0 Å². The summed E-state index contributed by atoms with van der Waals surface area (Å²) in [6, 6.07) is 12.1. The maximum atomic E-state index is 13.0. The lowest BCUT2D eigenvalue weighted by Crippen LogP contribution is -2.51. The summed E-state index contributed by atoms with van der Waals surface area (Å²) in [7, 11) is 0. The second-order valence-electron chi connectivity index (χ2n) is 6.85. The molecule has 0 aliphatic carbocycles. The number of ether oxygens (including phenoxy) is 1. The summed E-state index contributed by atoms with van der Waals surface area (Å²) < 4.78 is 5.55. The van der Waals surface area contributed by atoms with Crippen LogP contribution >= 0.6 is 12.4 Å². The molecule has 8 heteroatoms. The maximum Gasteiger partial charge on any atom is 0.408 e. The number of aromatic nitrogens is 1. The Hall–Kier alpha value is -2.64. The van der Waals surface area contributed by atoms with Gasteiger partial charge >= 0.3 is 6.09 Å². The molecular formula is C21H26ClN3O4. The van der Waals surface area contributed by atoms with Crippen LogP contribution in [-0.4, -0.2) is 52.3 Å². The van der Waals surface area contributed by atoms with Crippen LogP contribution < -0.4 is 5.32 Å². The fraction of sp³-hybridized carbons (Fsp3) is 0.381. The summed E-state index contributed by atoms with van der Waals surface area (Å²) in [4.78, 5) is 30.1. The number of nitrogens with one attached hydrogen (secondary N) is 1. The minimum absolute atomic E-state index is 0. The van der Waals surface area contributed by atoms with Crippen molar-refractivity contribution in [2.45, 2.75) is 38.0 Å². The molecule has 2 heterocycles. The molecule has 0 unspecified atom stereocenters. The third kappa shape index (κ3) is 6.73. The number of hydrogen-bond donors (Lipinski definition) is 2. The van der Waals surface area contributed by atoms with Gasteiger partial charge in [0, 0.05) is 38.5 Å². The minimum Gasteiger partial charge on any atom is -0.465 e. The zero-order chi connectivity index (χ0) is 19.8. The van der Waals surface area contributed by atoms with Gasteiger partial charge in [-0.25, -0.2) is 4.79 Å². The van der Waals surface area contributed by atoms with E-state index in [0.29, 0.717) is 19.6 Å². The molecule has 156 valence electrons.